The average molecular weight is 965 g/mol. The fourth-order valence-electron chi connectivity index (χ4n) is 8.34. The van der Waals surface area contributed by atoms with Gasteiger partial charge in [-0.05, 0) is 161 Å². The topological polar surface area (TPSA) is 20.2 Å². The maximum Gasteiger partial charge on any atom is 0.134 e. The predicted molar refractivity (Wildman–Crippen MR) is 292 cm³/mol. The van der Waals surface area contributed by atoms with E-state index in [1.165, 1.54) is 114 Å². The van der Waals surface area contributed by atoms with Gasteiger partial charge in [0.1, 0.15) is 5.75 Å². The second-order valence-electron chi connectivity index (χ2n) is 17.1. The van der Waals surface area contributed by atoms with E-state index in [-0.39, 0.29) is 11.1 Å². The van der Waals surface area contributed by atoms with Crippen molar-refractivity contribution in [3.63, 3.8) is 0 Å². The van der Waals surface area contributed by atoms with Crippen LogP contribution < -0.4 is 0 Å². The Hall–Kier alpha value is -5.28. The maximum atomic E-state index is 9.69. The number of hydrogen-bond acceptors (Lipinski definition) is 1. The largest absolute Gasteiger partial charge is 0.506 e. The number of phenols is 1. The van der Waals surface area contributed by atoms with Crippen molar-refractivity contribution in [1.82, 2.24) is 0 Å². The smallest absolute Gasteiger partial charge is 0.134 e. The first-order valence-corrected chi connectivity index (χ1v) is 25.5. The van der Waals surface area contributed by atoms with Crippen LogP contribution in [0.25, 0.3) is 44.5 Å². The number of hydrogen-bond donors (Lipinski definition) is 1. The summed E-state index contributed by atoms with van der Waals surface area (Å²) in [5.74, 6) is 0.110. The third-order valence-corrected chi connectivity index (χ3v) is 12.8. The van der Waals surface area contributed by atoms with Crippen molar-refractivity contribution < 1.29 is 5.11 Å². The SMILES string of the molecule is Cc1ccc(-c2cccc(-c3cccc(CCCCCCc4ccccc4)c3)c2)cc1Cl.ClCCl.Oc1ccc(-c2cccc(-c3cccc(CCCCCCc4ccccc4)c3)c2)cc1Cl. The number of alkyl halides is 2. The summed E-state index contributed by atoms with van der Waals surface area (Å²) in [5, 5.41) is 11.1. The van der Waals surface area contributed by atoms with Crippen molar-refractivity contribution >= 4 is 46.4 Å². The van der Waals surface area contributed by atoms with Gasteiger partial charge in [-0.2, -0.15) is 0 Å². The summed E-state index contributed by atoms with van der Waals surface area (Å²) in [6, 6.07) is 68.4. The van der Waals surface area contributed by atoms with Crippen molar-refractivity contribution in [1.29, 1.82) is 0 Å². The van der Waals surface area contributed by atoms with Gasteiger partial charge in [-0.3, -0.25) is 0 Å². The Labute approximate surface area is 420 Å². The van der Waals surface area contributed by atoms with E-state index >= 15 is 0 Å². The molecule has 0 unspecified atom stereocenters. The van der Waals surface area contributed by atoms with Gasteiger partial charge in [0, 0.05) is 5.02 Å². The van der Waals surface area contributed by atoms with Gasteiger partial charge >= 0.3 is 0 Å². The van der Waals surface area contributed by atoms with Crippen LogP contribution in [0.2, 0.25) is 10.0 Å². The fourth-order valence-corrected chi connectivity index (χ4v) is 8.70. The molecule has 0 radical (unpaired) electrons. The fraction of sp³-hybridized carbons (Fsp3) is 0.226. The van der Waals surface area contributed by atoms with Crippen LogP contribution in [0.1, 0.15) is 79.2 Å². The Morgan fingerprint density at radius 1 is 0.313 bits per heavy atom. The number of halogens is 4. The van der Waals surface area contributed by atoms with Crippen LogP contribution in [0.5, 0.6) is 5.75 Å². The van der Waals surface area contributed by atoms with E-state index in [1.807, 2.05) is 19.1 Å². The third-order valence-electron chi connectivity index (χ3n) is 12.1. The molecule has 0 spiro atoms. The van der Waals surface area contributed by atoms with Gasteiger partial charge in [-0.15, -0.1) is 23.2 Å². The molecule has 8 aromatic carbocycles. The normalized spacial score (nSPS) is 10.7. The van der Waals surface area contributed by atoms with E-state index < -0.39 is 0 Å². The second kappa shape index (κ2) is 28.1. The molecule has 0 fully saturated rings. The van der Waals surface area contributed by atoms with Crippen LogP contribution in [0.3, 0.4) is 0 Å². The van der Waals surface area contributed by atoms with Gasteiger partial charge in [0.25, 0.3) is 0 Å². The Morgan fingerprint density at radius 3 is 1.01 bits per heavy atom. The van der Waals surface area contributed by atoms with Gasteiger partial charge in [0.2, 0.25) is 0 Å². The first kappa shape index (κ1) is 51.1. The average Bonchev–Trinajstić information content (AvgIpc) is 3.37. The number of aromatic hydroxyl groups is 1. The number of benzene rings is 8. The summed E-state index contributed by atoms with van der Waals surface area (Å²) in [6.07, 6.45) is 14.8. The molecule has 0 bridgehead atoms. The van der Waals surface area contributed by atoms with Crippen molar-refractivity contribution in [2.45, 2.75) is 84.0 Å². The summed E-state index contributed by atoms with van der Waals surface area (Å²) >= 11 is 22.0. The molecule has 8 aromatic rings. The lowest BCUT2D eigenvalue weighted by atomic mass is 9.96. The number of rotatable bonds is 18. The number of unbranched alkanes of at least 4 members (excludes halogenated alkanes) is 6. The van der Waals surface area contributed by atoms with E-state index in [0.29, 0.717) is 5.02 Å². The van der Waals surface area contributed by atoms with E-state index in [4.69, 9.17) is 46.4 Å². The summed E-state index contributed by atoms with van der Waals surface area (Å²) in [7, 11) is 0. The molecular weight excluding hydrogens is 902 g/mol. The Balaban J connectivity index is 0.000000209. The zero-order chi connectivity index (χ0) is 47.1. The Morgan fingerprint density at radius 2 is 0.627 bits per heavy atom. The molecule has 0 amide bonds. The summed E-state index contributed by atoms with van der Waals surface area (Å²) in [4.78, 5) is 0. The lowest BCUT2D eigenvalue weighted by Crippen LogP contribution is -1.89. The lowest BCUT2D eigenvalue weighted by Gasteiger charge is -2.09. The molecule has 5 heteroatoms. The van der Waals surface area contributed by atoms with Gasteiger partial charge in [-0.25, -0.2) is 0 Å². The van der Waals surface area contributed by atoms with Crippen molar-refractivity contribution in [3.8, 4) is 50.3 Å². The Kier molecular flexibility index (Phi) is 21.5. The monoisotopic (exact) mass is 962 g/mol. The maximum absolute atomic E-state index is 9.69. The Bertz CT molecular complexity index is 2510. The van der Waals surface area contributed by atoms with Crippen LogP contribution in [0, 0.1) is 6.92 Å². The zero-order valence-electron chi connectivity index (χ0n) is 38.6. The third kappa shape index (κ3) is 17.1. The highest BCUT2D eigenvalue weighted by molar-refractivity contribution is 6.40. The van der Waals surface area contributed by atoms with Crippen LogP contribution in [0.15, 0.2) is 194 Å². The van der Waals surface area contributed by atoms with Gasteiger partial charge in [0.15, 0.2) is 0 Å². The van der Waals surface area contributed by atoms with E-state index in [2.05, 4.69) is 176 Å². The van der Waals surface area contributed by atoms with E-state index in [1.54, 1.807) is 6.07 Å². The van der Waals surface area contributed by atoms with E-state index in [9.17, 15) is 5.11 Å². The minimum atomic E-state index is 0.110. The molecule has 0 aliphatic heterocycles. The van der Waals surface area contributed by atoms with E-state index in [0.717, 1.165) is 40.1 Å². The molecule has 8 rings (SSSR count). The van der Waals surface area contributed by atoms with Gasteiger partial charge in [-0.1, -0.05) is 213 Å². The molecule has 0 atom stereocenters. The highest BCUT2D eigenvalue weighted by Gasteiger charge is 2.08. The quantitative estimate of drug-likeness (QED) is 0.0671. The second-order valence-corrected chi connectivity index (χ2v) is 18.7. The van der Waals surface area contributed by atoms with Crippen LogP contribution in [-0.2, 0) is 25.7 Å². The predicted octanol–water partition coefficient (Wildman–Crippen LogP) is 19.5. The van der Waals surface area contributed by atoms with Gasteiger partial charge < -0.3 is 5.11 Å². The molecule has 0 saturated heterocycles. The lowest BCUT2D eigenvalue weighted by molar-refractivity contribution is 0.475. The molecule has 344 valence electrons. The standard InChI is InChI=1S/C31H31Cl.C30H29ClO.CH2Cl2/c1-24-19-20-30(23-31(24)32)29-18-10-17-28(22-29)27-16-9-15-26(21-27)14-6-3-2-5-11-25-12-7-4-8-13-25;31-29-22-28(18-19-30(29)32)27-17-9-16-26(21-27)25-15-8-14-24(20-25)13-5-2-1-4-10-23-11-6-3-7-12-23;2-1-3/h4,7-10,12-13,15-23H,2-3,5-6,11,14H2,1H3;3,6-9,11-12,14-22,32H,1-2,4-5,10,13H2;1H2. The highest BCUT2D eigenvalue weighted by Crippen LogP contribution is 2.33. The molecular formula is C62H62Cl4O. The number of phenolic OH excluding ortho intramolecular Hbond substituents is 1. The molecule has 0 aliphatic rings. The zero-order valence-corrected chi connectivity index (χ0v) is 41.7. The molecule has 0 saturated carbocycles. The molecule has 67 heavy (non-hydrogen) atoms. The molecule has 1 nitrogen and oxygen atoms in total. The van der Waals surface area contributed by atoms with Gasteiger partial charge in [0.05, 0.1) is 10.4 Å². The summed E-state index contributed by atoms with van der Waals surface area (Å²) in [6.45, 7) is 2.04. The molecule has 0 aromatic heterocycles. The molecule has 1 N–H and O–H groups in total. The van der Waals surface area contributed by atoms with Crippen LogP contribution >= 0.6 is 46.4 Å². The summed E-state index contributed by atoms with van der Waals surface area (Å²) in [5.41, 5.74) is 16.2. The van der Waals surface area contributed by atoms with Crippen LogP contribution in [0.4, 0.5) is 0 Å². The highest BCUT2D eigenvalue weighted by atomic mass is 35.5. The molecule has 0 heterocycles. The van der Waals surface area contributed by atoms with Crippen molar-refractivity contribution in [2.75, 3.05) is 5.34 Å². The van der Waals surface area contributed by atoms with Crippen molar-refractivity contribution in [2.24, 2.45) is 0 Å². The van der Waals surface area contributed by atoms with Crippen molar-refractivity contribution in [3.05, 3.63) is 232 Å². The first-order valence-electron chi connectivity index (χ1n) is 23.6. The first-order chi connectivity index (χ1) is 32.8. The summed E-state index contributed by atoms with van der Waals surface area (Å²) < 4.78 is 0. The molecule has 0 aliphatic carbocycles. The van der Waals surface area contributed by atoms with Crippen LogP contribution in [-0.4, -0.2) is 10.4 Å². The minimum Gasteiger partial charge on any atom is -0.506 e. The number of aryl methyl sites for hydroxylation is 5. The minimum absolute atomic E-state index is 0.110.